The van der Waals surface area contributed by atoms with Gasteiger partial charge in [0.05, 0.1) is 4.92 Å². The molecule has 0 saturated heterocycles. The van der Waals surface area contributed by atoms with E-state index in [0.717, 1.165) is 4.90 Å². The van der Waals surface area contributed by atoms with E-state index in [0.29, 0.717) is 10.9 Å². The molecule has 3 rings (SSSR count). The number of aromatic amines is 2. The largest absolute Gasteiger partial charge is 0.450 e. The minimum Gasteiger partial charge on any atom is -0.450 e. The summed E-state index contributed by atoms with van der Waals surface area (Å²) >= 11 is 1.42. The topological polar surface area (TPSA) is 122 Å². The highest BCUT2D eigenvalue weighted by Crippen LogP contribution is 2.29. The van der Waals surface area contributed by atoms with Gasteiger partial charge in [-0.1, -0.05) is 30.0 Å². The molecule has 0 aliphatic rings. The molecular weight excluding hydrogens is 346 g/mol. The van der Waals surface area contributed by atoms with Crippen molar-refractivity contribution in [2.45, 2.75) is 9.99 Å². The third kappa shape index (κ3) is 3.96. The Labute approximate surface area is 144 Å². The molecule has 1 aromatic carbocycles. The van der Waals surface area contributed by atoms with Crippen LogP contribution in [0.2, 0.25) is 0 Å². The summed E-state index contributed by atoms with van der Waals surface area (Å²) in [6, 6.07) is 13.0. The van der Waals surface area contributed by atoms with Gasteiger partial charge in [-0.3, -0.25) is 19.9 Å². The number of nitro groups is 1. The number of aromatic nitrogens is 2. The zero-order valence-electron chi connectivity index (χ0n) is 12.6. The maximum atomic E-state index is 11.5. The standard InChI is InChI=1S/C16H11N3O5S/c20-15-14(19(22)23)12(17-16(21)18-15)8-6-10-7-9-13(24-10)25-11-4-2-1-3-5-11/h1-9H,(H2,17,18,20,21)/b8-6+. The van der Waals surface area contributed by atoms with Gasteiger partial charge in [-0.25, -0.2) is 4.79 Å². The summed E-state index contributed by atoms with van der Waals surface area (Å²) in [5.74, 6) is 0.425. The van der Waals surface area contributed by atoms with E-state index < -0.39 is 21.9 Å². The Morgan fingerprint density at radius 3 is 2.52 bits per heavy atom. The maximum Gasteiger partial charge on any atom is 0.357 e. The molecule has 0 unspecified atom stereocenters. The Morgan fingerprint density at radius 1 is 1.04 bits per heavy atom. The van der Waals surface area contributed by atoms with Gasteiger partial charge in [0.25, 0.3) is 0 Å². The minimum absolute atomic E-state index is 0.201. The molecule has 0 fully saturated rings. The number of hydrogen-bond donors (Lipinski definition) is 2. The maximum absolute atomic E-state index is 11.5. The van der Waals surface area contributed by atoms with Crippen molar-refractivity contribution in [2.75, 3.05) is 0 Å². The fraction of sp³-hybridized carbons (Fsp3) is 0. The average Bonchev–Trinajstić information content (AvgIpc) is 3.00. The first-order chi connectivity index (χ1) is 12.0. The Balaban J connectivity index is 1.85. The molecule has 0 saturated carbocycles. The van der Waals surface area contributed by atoms with Crippen molar-refractivity contribution in [1.29, 1.82) is 0 Å². The first-order valence-electron chi connectivity index (χ1n) is 7.05. The molecule has 2 heterocycles. The van der Waals surface area contributed by atoms with Crippen molar-refractivity contribution >= 4 is 29.6 Å². The van der Waals surface area contributed by atoms with Crippen LogP contribution in [-0.4, -0.2) is 14.9 Å². The van der Waals surface area contributed by atoms with Crippen molar-refractivity contribution in [1.82, 2.24) is 9.97 Å². The van der Waals surface area contributed by atoms with E-state index in [9.17, 15) is 19.7 Å². The van der Waals surface area contributed by atoms with Gasteiger partial charge in [0.15, 0.2) is 5.09 Å². The molecule has 0 aliphatic heterocycles. The first kappa shape index (κ1) is 16.5. The molecule has 2 N–H and O–H groups in total. The zero-order valence-corrected chi connectivity index (χ0v) is 13.4. The first-order valence-corrected chi connectivity index (χ1v) is 7.86. The highest BCUT2D eigenvalue weighted by molar-refractivity contribution is 7.99. The molecule has 3 aromatic rings. The van der Waals surface area contributed by atoms with Crippen LogP contribution in [0, 0.1) is 10.1 Å². The molecule has 0 spiro atoms. The van der Waals surface area contributed by atoms with Gasteiger partial charge in [-0.15, -0.1) is 0 Å². The van der Waals surface area contributed by atoms with Gasteiger partial charge < -0.3 is 9.40 Å². The smallest absolute Gasteiger partial charge is 0.357 e. The molecule has 0 bridgehead atoms. The SMILES string of the molecule is O=c1[nH]c(/C=C/c2ccc(Sc3ccccc3)o2)c([N+](=O)[O-])c(=O)[nH]1. The number of furan rings is 1. The van der Waals surface area contributed by atoms with Crippen molar-refractivity contribution in [3.05, 3.63) is 84.9 Å². The molecular formula is C16H11N3O5S. The fourth-order valence-corrected chi connectivity index (χ4v) is 2.85. The van der Waals surface area contributed by atoms with E-state index in [4.69, 9.17) is 4.42 Å². The minimum atomic E-state index is -1.06. The number of rotatable bonds is 5. The van der Waals surface area contributed by atoms with E-state index in [2.05, 4.69) is 4.98 Å². The second kappa shape index (κ2) is 7.05. The molecule has 8 nitrogen and oxygen atoms in total. The van der Waals surface area contributed by atoms with Gasteiger partial charge in [0.2, 0.25) is 0 Å². The monoisotopic (exact) mass is 357 g/mol. The van der Waals surface area contributed by atoms with Gasteiger partial charge in [-0.05, 0) is 36.4 Å². The third-order valence-corrected chi connectivity index (χ3v) is 4.03. The Bertz CT molecular complexity index is 1050. The lowest BCUT2D eigenvalue weighted by Crippen LogP contribution is -2.25. The van der Waals surface area contributed by atoms with E-state index in [1.165, 1.54) is 23.9 Å². The van der Waals surface area contributed by atoms with Gasteiger partial charge in [0.1, 0.15) is 11.5 Å². The molecule has 0 aliphatic carbocycles. The summed E-state index contributed by atoms with van der Waals surface area (Å²) in [5, 5.41) is 11.6. The summed E-state index contributed by atoms with van der Waals surface area (Å²) in [6.45, 7) is 0. The number of hydrogen-bond acceptors (Lipinski definition) is 6. The van der Waals surface area contributed by atoms with Crippen LogP contribution in [0.3, 0.4) is 0 Å². The van der Waals surface area contributed by atoms with Crippen LogP contribution in [0.1, 0.15) is 11.5 Å². The van der Waals surface area contributed by atoms with Crippen molar-refractivity contribution < 1.29 is 9.34 Å². The lowest BCUT2D eigenvalue weighted by atomic mass is 10.3. The highest BCUT2D eigenvalue weighted by atomic mass is 32.2. The summed E-state index contributed by atoms with van der Waals surface area (Å²) in [6.07, 6.45) is 2.69. The summed E-state index contributed by atoms with van der Waals surface area (Å²) in [5.41, 5.74) is -2.82. The van der Waals surface area contributed by atoms with Crippen LogP contribution in [0.4, 0.5) is 5.69 Å². The van der Waals surface area contributed by atoms with Crippen LogP contribution in [0.25, 0.3) is 12.2 Å². The van der Waals surface area contributed by atoms with Crippen LogP contribution in [0.15, 0.2) is 66.5 Å². The van der Waals surface area contributed by atoms with Crippen molar-refractivity contribution in [3.8, 4) is 0 Å². The second-order valence-electron chi connectivity index (χ2n) is 4.83. The van der Waals surface area contributed by atoms with Crippen LogP contribution >= 0.6 is 11.8 Å². The summed E-state index contributed by atoms with van der Waals surface area (Å²) < 4.78 is 5.60. The van der Waals surface area contributed by atoms with Gasteiger partial charge in [0, 0.05) is 4.90 Å². The van der Waals surface area contributed by atoms with Crippen molar-refractivity contribution in [3.63, 3.8) is 0 Å². The van der Waals surface area contributed by atoms with Gasteiger partial charge >= 0.3 is 16.9 Å². The molecule has 0 atom stereocenters. The van der Waals surface area contributed by atoms with Gasteiger partial charge in [-0.2, -0.15) is 0 Å². The number of H-pyrrole nitrogens is 2. The van der Waals surface area contributed by atoms with E-state index in [1.54, 1.807) is 12.1 Å². The summed E-state index contributed by atoms with van der Waals surface area (Å²) in [4.78, 5) is 38.0. The normalized spacial score (nSPS) is 11.0. The lowest BCUT2D eigenvalue weighted by molar-refractivity contribution is -0.386. The van der Waals surface area contributed by atoms with E-state index in [1.807, 2.05) is 35.3 Å². The second-order valence-corrected chi connectivity index (χ2v) is 5.91. The van der Waals surface area contributed by atoms with Crippen LogP contribution in [0.5, 0.6) is 0 Å². The Hall–Kier alpha value is -3.33. The predicted molar refractivity (Wildman–Crippen MR) is 92.5 cm³/mol. The number of nitrogens with one attached hydrogen (secondary N) is 2. The third-order valence-electron chi connectivity index (χ3n) is 3.11. The molecule has 9 heteroatoms. The Morgan fingerprint density at radius 2 is 1.80 bits per heavy atom. The zero-order chi connectivity index (χ0) is 17.8. The van der Waals surface area contributed by atoms with Crippen LogP contribution in [-0.2, 0) is 0 Å². The van der Waals surface area contributed by atoms with Crippen LogP contribution < -0.4 is 11.2 Å². The highest BCUT2D eigenvalue weighted by Gasteiger charge is 2.18. The summed E-state index contributed by atoms with van der Waals surface area (Å²) in [7, 11) is 0. The van der Waals surface area contributed by atoms with Crippen molar-refractivity contribution in [2.24, 2.45) is 0 Å². The molecule has 25 heavy (non-hydrogen) atoms. The quantitative estimate of drug-likeness (QED) is 0.535. The molecule has 0 radical (unpaired) electrons. The van der Waals surface area contributed by atoms with E-state index >= 15 is 0 Å². The fourth-order valence-electron chi connectivity index (χ4n) is 2.05. The molecule has 0 amide bonds. The Kier molecular flexibility index (Phi) is 4.66. The number of benzene rings is 1. The number of nitrogens with zero attached hydrogens (tertiary/aromatic N) is 1. The molecule has 126 valence electrons. The molecule has 2 aromatic heterocycles. The lowest BCUT2D eigenvalue weighted by Gasteiger charge is -1.96. The van der Waals surface area contributed by atoms with E-state index in [-0.39, 0.29) is 5.69 Å². The predicted octanol–water partition coefficient (Wildman–Crippen LogP) is 2.89. The average molecular weight is 357 g/mol.